The number of nitrogens with one attached hydrogen (secondary N) is 1. The van der Waals surface area contributed by atoms with Crippen molar-refractivity contribution in [1.29, 1.82) is 0 Å². The van der Waals surface area contributed by atoms with Gasteiger partial charge in [-0.05, 0) is 17.4 Å². The van der Waals surface area contributed by atoms with Crippen LogP contribution in [0.2, 0.25) is 0 Å². The van der Waals surface area contributed by atoms with Crippen molar-refractivity contribution >= 4 is 11.9 Å². The first-order chi connectivity index (χ1) is 9.81. The Kier molecular flexibility index (Phi) is 2.76. The monoisotopic (exact) mass is 286 g/mol. The number of hydrogen-bond acceptors (Lipinski definition) is 5. The number of rotatable bonds is 1. The summed E-state index contributed by atoms with van der Waals surface area (Å²) < 4.78 is 0. The van der Waals surface area contributed by atoms with E-state index in [0.29, 0.717) is 5.69 Å². The van der Waals surface area contributed by atoms with Crippen molar-refractivity contribution in [3.05, 3.63) is 23.0 Å². The summed E-state index contributed by atoms with van der Waals surface area (Å²) in [6.45, 7) is 4.18. The summed E-state index contributed by atoms with van der Waals surface area (Å²) in [6.07, 6.45) is 2.49. The molecule has 0 saturated carbocycles. The topological polar surface area (TPSA) is 101 Å². The number of nitrogens with two attached hydrogens (primary N) is 1. The van der Waals surface area contributed by atoms with Crippen LogP contribution in [0.15, 0.2) is 6.20 Å². The van der Waals surface area contributed by atoms with Crippen LogP contribution in [0.3, 0.4) is 0 Å². The number of aromatic nitrogens is 4. The van der Waals surface area contributed by atoms with E-state index in [1.54, 1.807) is 20.3 Å². The fourth-order valence-electron chi connectivity index (χ4n) is 2.87. The van der Waals surface area contributed by atoms with Crippen LogP contribution >= 0.6 is 0 Å². The van der Waals surface area contributed by atoms with E-state index in [1.807, 2.05) is 0 Å². The standard InChI is InChI=1S/C14H18N6O/c1-14(2)5-7-6-16-13(15)17-9(7)10-8(14)11(19-18-10)12(21)20(3)4/h6H,5H2,1-4H3,(H,18,19)(H2,15,16,17). The summed E-state index contributed by atoms with van der Waals surface area (Å²) in [7, 11) is 3.43. The molecule has 2 aromatic rings. The zero-order valence-corrected chi connectivity index (χ0v) is 12.6. The minimum atomic E-state index is -0.226. The average Bonchev–Trinajstić information content (AvgIpc) is 2.84. The highest BCUT2D eigenvalue weighted by Crippen LogP contribution is 2.42. The number of nitrogens with zero attached hydrogens (tertiary/aromatic N) is 4. The molecule has 2 heterocycles. The van der Waals surface area contributed by atoms with E-state index in [2.05, 4.69) is 34.0 Å². The number of amides is 1. The van der Waals surface area contributed by atoms with Gasteiger partial charge in [0.25, 0.3) is 5.91 Å². The fourth-order valence-corrected chi connectivity index (χ4v) is 2.87. The number of nitrogen functional groups attached to an aromatic ring is 1. The van der Waals surface area contributed by atoms with Crippen molar-refractivity contribution < 1.29 is 4.79 Å². The molecule has 0 bridgehead atoms. The van der Waals surface area contributed by atoms with Crippen LogP contribution in [-0.2, 0) is 11.8 Å². The Morgan fingerprint density at radius 1 is 1.43 bits per heavy atom. The molecule has 2 aromatic heterocycles. The first kappa shape index (κ1) is 13.5. The predicted molar refractivity (Wildman–Crippen MR) is 78.8 cm³/mol. The maximum Gasteiger partial charge on any atom is 0.274 e. The maximum absolute atomic E-state index is 12.3. The van der Waals surface area contributed by atoms with Crippen LogP contribution in [-0.4, -0.2) is 45.1 Å². The fraction of sp³-hybridized carbons (Fsp3) is 0.429. The first-order valence-corrected chi connectivity index (χ1v) is 6.73. The van der Waals surface area contributed by atoms with Crippen molar-refractivity contribution in [2.75, 3.05) is 19.8 Å². The highest BCUT2D eigenvalue weighted by molar-refractivity contribution is 5.96. The molecular formula is C14H18N6O. The van der Waals surface area contributed by atoms with E-state index >= 15 is 0 Å². The van der Waals surface area contributed by atoms with Crippen LogP contribution in [0.25, 0.3) is 11.4 Å². The summed E-state index contributed by atoms with van der Waals surface area (Å²) >= 11 is 0. The lowest BCUT2D eigenvalue weighted by molar-refractivity contribution is 0.0819. The van der Waals surface area contributed by atoms with Gasteiger partial charge in [-0.1, -0.05) is 13.8 Å². The summed E-state index contributed by atoms with van der Waals surface area (Å²) in [6, 6.07) is 0. The van der Waals surface area contributed by atoms with Crippen molar-refractivity contribution in [2.24, 2.45) is 0 Å². The maximum atomic E-state index is 12.3. The largest absolute Gasteiger partial charge is 0.368 e. The number of anilines is 1. The molecule has 0 aromatic carbocycles. The Labute approximate surface area is 122 Å². The van der Waals surface area contributed by atoms with Crippen molar-refractivity contribution in [1.82, 2.24) is 25.1 Å². The third-order valence-corrected chi connectivity index (χ3v) is 3.80. The number of fused-ring (bicyclic) bond motifs is 3. The van der Waals surface area contributed by atoms with Gasteiger partial charge in [0.05, 0.1) is 11.4 Å². The Morgan fingerprint density at radius 3 is 2.81 bits per heavy atom. The van der Waals surface area contributed by atoms with Gasteiger partial charge in [-0.3, -0.25) is 9.89 Å². The predicted octanol–water partition coefficient (Wildman–Crippen LogP) is 0.984. The smallest absolute Gasteiger partial charge is 0.274 e. The van der Waals surface area contributed by atoms with Crippen molar-refractivity contribution in [2.45, 2.75) is 25.7 Å². The van der Waals surface area contributed by atoms with Gasteiger partial charge in [-0.15, -0.1) is 0 Å². The number of carbonyl (C=O) groups excluding carboxylic acids is 1. The van der Waals surface area contributed by atoms with Crippen molar-refractivity contribution in [3.63, 3.8) is 0 Å². The number of aromatic amines is 1. The lowest BCUT2D eigenvalue weighted by Crippen LogP contribution is -2.31. The number of carbonyl (C=O) groups is 1. The Morgan fingerprint density at radius 2 is 2.14 bits per heavy atom. The molecule has 0 unspecified atom stereocenters. The molecule has 0 spiro atoms. The minimum Gasteiger partial charge on any atom is -0.368 e. The van der Waals surface area contributed by atoms with E-state index in [0.717, 1.165) is 28.9 Å². The van der Waals surface area contributed by atoms with Crippen LogP contribution in [0, 0.1) is 0 Å². The number of hydrogen-bond donors (Lipinski definition) is 2. The van der Waals surface area contributed by atoms with Gasteiger partial charge < -0.3 is 10.6 Å². The minimum absolute atomic E-state index is 0.119. The van der Waals surface area contributed by atoms with Gasteiger partial charge in [0.2, 0.25) is 5.95 Å². The van der Waals surface area contributed by atoms with E-state index in [4.69, 9.17) is 5.73 Å². The zero-order valence-electron chi connectivity index (χ0n) is 12.6. The summed E-state index contributed by atoms with van der Waals surface area (Å²) in [5, 5.41) is 7.18. The van der Waals surface area contributed by atoms with Gasteiger partial charge >= 0.3 is 0 Å². The van der Waals surface area contributed by atoms with Gasteiger partial charge in [-0.25, -0.2) is 9.97 Å². The molecule has 0 aliphatic heterocycles. The second-order valence-electron chi connectivity index (χ2n) is 6.18. The van der Waals surface area contributed by atoms with Gasteiger partial charge in [0.15, 0.2) is 5.69 Å². The van der Waals surface area contributed by atoms with Gasteiger partial charge in [0.1, 0.15) is 0 Å². The highest BCUT2D eigenvalue weighted by Gasteiger charge is 2.38. The lowest BCUT2D eigenvalue weighted by atomic mass is 9.73. The molecule has 1 amide bonds. The average molecular weight is 286 g/mol. The third kappa shape index (κ3) is 1.96. The molecule has 110 valence electrons. The normalized spacial score (nSPS) is 15.2. The van der Waals surface area contributed by atoms with Crippen LogP contribution in [0.5, 0.6) is 0 Å². The Bertz CT molecular complexity index is 731. The second kappa shape index (κ2) is 4.28. The van der Waals surface area contributed by atoms with Crippen LogP contribution in [0.1, 0.15) is 35.5 Å². The molecule has 1 aliphatic carbocycles. The van der Waals surface area contributed by atoms with Crippen LogP contribution < -0.4 is 5.73 Å². The molecule has 0 radical (unpaired) electrons. The first-order valence-electron chi connectivity index (χ1n) is 6.73. The lowest BCUT2D eigenvalue weighted by Gasteiger charge is -2.31. The van der Waals surface area contributed by atoms with E-state index < -0.39 is 0 Å². The number of H-pyrrole nitrogens is 1. The molecule has 7 heteroatoms. The molecule has 3 N–H and O–H groups in total. The summed E-state index contributed by atoms with van der Waals surface area (Å²) in [5.41, 5.74) is 9.32. The van der Waals surface area contributed by atoms with Gasteiger partial charge in [-0.2, -0.15) is 5.10 Å². The summed E-state index contributed by atoms with van der Waals surface area (Å²) in [5.74, 6) is 0.0977. The highest BCUT2D eigenvalue weighted by atomic mass is 16.2. The summed E-state index contributed by atoms with van der Waals surface area (Å²) in [4.78, 5) is 22.2. The molecule has 0 saturated heterocycles. The second-order valence-corrected chi connectivity index (χ2v) is 6.18. The molecule has 0 atom stereocenters. The molecular weight excluding hydrogens is 268 g/mol. The third-order valence-electron chi connectivity index (χ3n) is 3.80. The molecule has 21 heavy (non-hydrogen) atoms. The molecule has 7 nitrogen and oxygen atoms in total. The SMILES string of the molecule is CN(C)C(=O)c1n[nH]c2c1C(C)(C)Cc1cnc(N)nc1-2. The molecule has 3 rings (SSSR count). The van der Waals surface area contributed by atoms with Crippen molar-refractivity contribution in [3.8, 4) is 11.4 Å². The zero-order chi connectivity index (χ0) is 15.4. The molecule has 1 aliphatic rings. The van der Waals surface area contributed by atoms with Crippen LogP contribution in [0.4, 0.5) is 5.95 Å². The van der Waals surface area contributed by atoms with E-state index in [1.165, 1.54) is 4.90 Å². The quantitative estimate of drug-likeness (QED) is 0.814. The van der Waals surface area contributed by atoms with Gasteiger partial charge in [0, 0.05) is 25.9 Å². The van der Waals surface area contributed by atoms with E-state index in [-0.39, 0.29) is 17.3 Å². The molecule has 0 fully saturated rings. The Balaban J connectivity index is 2.26. The Hall–Kier alpha value is -2.44. The van der Waals surface area contributed by atoms with E-state index in [9.17, 15) is 4.79 Å².